The molecule has 1 rings (SSSR count). The molecule has 1 unspecified atom stereocenters. The van der Waals surface area contributed by atoms with Gasteiger partial charge >= 0.3 is 0 Å². The zero-order chi connectivity index (χ0) is 11.4. The highest BCUT2D eigenvalue weighted by molar-refractivity contribution is 5.96. The maximum Gasteiger partial charge on any atom is 0.163 e. The van der Waals surface area contributed by atoms with Gasteiger partial charge in [-0.2, -0.15) is 0 Å². The lowest BCUT2D eigenvalue weighted by Crippen LogP contribution is -2.06. The van der Waals surface area contributed by atoms with E-state index in [1.807, 2.05) is 6.92 Å². The van der Waals surface area contributed by atoms with Crippen LogP contribution in [0.25, 0.3) is 0 Å². The van der Waals surface area contributed by atoms with Crippen LogP contribution >= 0.6 is 0 Å². The highest BCUT2D eigenvalue weighted by Gasteiger charge is 2.11. The molecule has 0 aliphatic heterocycles. The number of ketones is 1. The number of halogens is 1. The van der Waals surface area contributed by atoms with E-state index in [4.69, 9.17) is 0 Å². The summed E-state index contributed by atoms with van der Waals surface area (Å²) in [6, 6.07) is 4.49. The van der Waals surface area contributed by atoms with E-state index in [9.17, 15) is 9.18 Å². The van der Waals surface area contributed by atoms with Crippen molar-refractivity contribution in [2.45, 2.75) is 33.6 Å². The standard InChI is InChI=1S/C13H17FO/c1-4-9(2)7-13(15)11-5-10(3)6-12(14)8-11/h5-6,8-9H,4,7H2,1-3H3. The van der Waals surface area contributed by atoms with E-state index < -0.39 is 0 Å². The predicted molar refractivity (Wildman–Crippen MR) is 59.5 cm³/mol. The summed E-state index contributed by atoms with van der Waals surface area (Å²) in [4.78, 5) is 11.8. The first-order chi connectivity index (χ1) is 7.02. The van der Waals surface area contributed by atoms with Gasteiger partial charge in [-0.1, -0.05) is 20.3 Å². The number of carbonyl (C=O) groups excluding carboxylic acids is 1. The maximum absolute atomic E-state index is 13.1. The Labute approximate surface area is 90.3 Å². The fourth-order valence-electron chi connectivity index (χ4n) is 1.48. The molecule has 15 heavy (non-hydrogen) atoms. The summed E-state index contributed by atoms with van der Waals surface area (Å²) in [7, 11) is 0. The summed E-state index contributed by atoms with van der Waals surface area (Å²) in [5.74, 6) is 0.0653. The third-order valence-corrected chi connectivity index (χ3v) is 2.59. The highest BCUT2D eigenvalue weighted by Crippen LogP contribution is 2.15. The van der Waals surface area contributed by atoms with E-state index >= 15 is 0 Å². The summed E-state index contributed by atoms with van der Waals surface area (Å²) in [5.41, 5.74) is 1.29. The van der Waals surface area contributed by atoms with E-state index in [1.54, 1.807) is 13.0 Å². The number of hydrogen-bond donors (Lipinski definition) is 0. The van der Waals surface area contributed by atoms with Gasteiger partial charge in [0, 0.05) is 12.0 Å². The lowest BCUT2D eigenvalue weighted by Gasteiger charge is -2.07. The summed E-state index contributed by atoms with van der Waals surface area (Å²) < 4.78 is 13.1. The number of carbonyl (C=O) groups is 1. The number of rotatable bonds is 4. The second-order valence-electron chi connectivity index (χ2n) is 4.16. The monoisotopic (exact) mass is 208 g/mol. The Hall–Kier alpha value is -1.18. The molecule has 0 aromatic heterocycles. The van der Waals surface area contributed by atoms with Crippen LogP contribution in [0.5, 0.6) is 0 Å². The quantitative estimate of drug-likeness (QED) is 0.689. The van der Waals surface area contributed by atoms with Gasteiger partial charge in [0.15, 0.2) is 5.78 Å². The molecule has 0 N–H and O–H groups in total. The van der Waals surface area contributed by atoms with Crippen molar-refractivity contribution in [3.63, 3.8) is 0 Å². The minimum absolute atomic E-state index is 0.0342. The van der Waals surface area contributed by atoms with E-state index in [1.165, 1.54) is 12.1 Å². The average molecular weight is 208 g/mol. The molecule has 1 atom stereocenters. The molecule has 0 saturated carbocycles. The fraction of sp³-hybridized carbons (Fsp3) is 0.462. The van der Waals surface area contributed by atoms with Crippen molar-refractivity contribution >= 4 is 5.78 Å². The van der Waals surface area contributed by atoms with Crippen molar-refractivity contribution in [2.24, 2.45) is 5.92 Å². The third-order valence-electron chi connectivity index (χ3n) is 2.59. The lowest BCUT2D eigenvalue weighted by atomic mass is 9.97. The zero-order valence-electron chi connectivity index (χ0n) is 9.51. The average Bonchev–Trinajstić information content (AvgIpc) is 2.16. The molecule has 82 valence electrons. The van der Waals surface area contributed by atoms with Crippen LogP contribution in [-0.2, 0) is 0 Å². The van der Waals surface area contributed by atoms with Gasteiger partial charge in [0.2, 0.25) is 0 Å². The normalized spacial score (nSPS) is 12.5. The van der Waals surface area contributed by atoms with Crippen LogP contribution in [0.4, 0.5) is 4.39 Å². The second kappa shape index (κ2) is 5.06. The van der Waals surface area contributed by atoms with Crippen molar-refractivity contribution in [2.75, 3.05) is 0 Å². The van der Waals surface area contributed by atoms with Gasteiger partial charge in [-0.3, -0.25) is 4.79 Å². The topological polar surface area (TPSA) is 17.1 Å². The molecule has 0 spiro atoms. The van der Waals surface area contributed by atoms with Crippen molar-refractivity contribution < 1.29 is 9.18 Å². The Morgan fingerprint density at radius 2 is 2.07 bits per heavy atom. The Balaban J connectivity index is 2.82. The van der Waals surface area contributed by atoms with Crippen LogP contribution in [0.3, 0.4) is 0 Å². The maximum atomic E-state index is 13.1. The van der Waals surface area contributed by atoms with Gasteiger partial charge < -0.3 is 0 Å². The Morgan fingerprint density at radius 1 is 1.40 bits per heavy atom. The molecule has 0 amide bonds. The lowest BCUT2D eigenvalue weighted by molar-refractivity contribution is 0.0963. The first kappa shape index (κ1) is 11.9. The smallest absolute Gasteiger partial charge is 0.163 e. The molecule has 0 aliphatic rings. The van der Waals surface area contributed by atoms with Crippen LogP contribution in [0.15, 0.2) is 18.2 Å². The molecule has 0 bridgehead atoms. The number of hydrogen-bond acceptors (Lipinski definition) is 1. The molecule has 1 aromatic carbocycles. The van der Waals surface area contributed by atoms with Gasteiger partial charge in [-0.05, 0) is 36.6 Å². The largest absolute Gasteiger partial charge is 0.294 e. The van der Waals surface area contributed by atoms with Crippen molar-refractivity contribution in [1.82, 2.24) is 0 Å². The van der Waals surface area contributed by atoms with Crippen LogP contribution in [0.1, 0.15) is 42.6 Å². The molecule has 0 saturated heterocycles. The SMILES string of the molecule is CCC(C)CC(=O)c1cc(C)cc(F)c1. The minimum atomic E-state index is -0.331. The van der Waals surface area contributed by atoms with Gasteiger partial charge in [0.25, 0.3) is 0 Å². The second-order valence-corrected chi connectivity index (χ2v) is 4.16. The molecule has 0 fully saturated rings. The van der Waals surface area contributed by atoms with Gasteiger partial charge in [0.1, 0.15) is 5.82 Å². The molecule has 0 radical (unpaired) electrons. The van der Waals surface area contributed by atoms with Gasteiger partial charge in [-0.25, -0.2) is 4.39 Å². The molecular weight excluding hydrogens is 191 g/mol. The van der Waals surface area contributed by atoms with E-state index in [0.717, 1.165) is 12.0 Å². The molecule has 1 nitrogen and oxygen atoms in total. The summed E-state index contributed by atoms with van der Waals surface area (Å²) in [5, 5.41) is 0. The Kier molecular flexibility index (Phi) is 4.01. The highest BCUT2D eigenvalue weighted by atomic mass is 19.1. The van der Waals surface area contributed by atoms with Gasteiger partial charge in [-0.15, -0.1) is 0 Å². The number of benzene rings is 1. The van der Waals surface area contributed by atoms with Crippen molar-refractivity contribution in [1.29, 1.82) is 0 Å². The van der Waals surface area contributed by atoms with Crippen molar-refractivity contribution in [3.05, 3.63) is 35.1 Å². The van der Waals surface area contributed by atoms with Gasteiger partial charge in [0.05, 0.1) is 0 Å². The molecule has 1 aromatic rings. The van der Waals surface area contributed by atoms with Crippen LogP contribution in [-0.4, -0.2) is 5.78 Å². The molecule has 2 heteroatoms. The van der Waals surface area contributed by atoms with Crippen LogP contribution in [0.2, 0.25) is 0 Å². The predicted octanol–water partition coefficient (Wildman–Crippen LogP) is 3.75. The van der Waals surface area contributed by atoms with Crippen LogP contribution in [0, 0.1) is 18.7 Å². The summed E-state index contributed by atoms with van der Waals surface area (Å²) in [6.07, 6.45) is 1.47. The van der Waals surface area contributed by atoms with E-state index in [0.29, 0.717) is 17.9 Å². The van der Waals surface area contributed by atoms with E-state index in [-0.39, 0.29) is 11.6 Å². The molecular formula is C13H17FO. The first-order valence-corrected chi connectivity index (χ1v) is 5.33. The summed E-state index contributed by atoms with van der Waals surface area (Å²) >= 11 is 0. The Morgan fingerprint density at radius 3 is 2.60 bits per heavy atom. The van der Waals surface area contributed by atoms with Crippen LogP contribution < -0.4 is 0 Å². The zero-order valence-corrected chi connectivity index (χ0v) is 9.51. The number of aryl methyl sites for hydroxylation is 1. The van der Waals surface area contributed by atoms with Crippen molar-refractivity contribution in [3.8, 4) is 0 Å². The first-order valence-electron chi connectivity index (χ1n) is 5.33. The summed E-state index contributed by atoms with van der Waals surface area (Å²) in [6.45, 7) is 5.88. The minimum Gasteiger partial charge on any atom is -0.294 e. The fourth-order valence-corrected chi connectivity index (χ4v) is 1.48. The van der Waals surface area contributed by atoms with E-state index in [2.05, 4.69) is 6.92 Å². The molecule has 0 heterocycles. The number of Topliss-reactive ketones (excluding diaryl/α,β-unsaturated/α-hetero) is 1. The third kappa shape index (κ3) is 3.46. The Bertz CT molecular complexity index is 337. The molecule has 0 aliphatic carbocycles.